The Labute approximate surface area is 89.6 Å². The van der Waals surface area contributed by atoms with Crippen LogP contribution in [0.3, 0.4) is 0 Å². The van der Waals surface area contributed by atoms with Gasteiger partial charge in [0.2, 0.25) is 6.41 Å². The number of hydrogen-bond donors (Lipinski definition) is 1. The van der Waals surface area contributed by atoms with Crippen molar-refractivity contribution in [3.63, 3.8) is 0 Å². The van der Waals surface area contributed by atoms with E-state index < -0.39 is 5.54 Å². The minimum Gasteiger partial charge on any atom is -0.349 e. The Kier molecular flexibility index (Phi) is 2.31. The minimum atomic E-state index is -0.438. The first-order chi connectivity index (χ1) is 6.68. The lowest BCUT2D eigenvalue weighted by Gasteiger charge is -2.15. The van der Waals surface area contributed by atoms with Crippen LogP contribution < -0.4 is 5.32 Å². The summed E-state index contributed by atoms with van der Waals surface area (Å²) in [6.45, 7) is 0. The van der Waals surface area contributed by atoms with E-state index in [1.807, 2.05) is 0 Å². The van der Waals surface area contributed by atoms with Crippen LogP contribution in [0.2, 0.25) is 0 Å². The van der Waals surface area contributed by atoms with Gasteiger partial charge in [-0.15, -0.1) is 0 Å². The molecule has 0 heterocycles. The average molecular weight is 258 g/mol. The second-order valence-corrected chi connectivity index (χ2v) is 4.38. The summed E-state index contributed by atoms with van der Waals surface area (Å²) >= 11 is 3.19. The number of amides is 1. The van der Waals surface area contributed by atoms with Crippen molar-refractivity contribution in [2.45, 2.75) is 18.4 Å². The molecule has 0 bridgehead atoms. The molecule has 0 spiro atoms. The van der Waals surface area contributed by atoms with Crippen LogP contribution in [0.5, 0.6) is 0 Å². The van der Waals surface area contributed by atoms with E-state index in [9.17, 15) is 9.18 Å². The zero-order chi connectivity index (χ0) is 10.2. The molecular formula is C10H9BrFNO. The van der Waals surface area contributed by atoms with Crippen LogP contribution in [0.1, 0.15) is 18.4 Å². The van der Waals surface area contributed by atoms with Gasteiger partial charge in [-0.25, -0.2) is 4.39 Å². The van der Waals surface area contributed by atoms with E-state index in [0.29, 0.717) is 16.4 Å². The minimum absolute atomic E-state index is 0.272. The Morgan fingerprint density at radius 2 is 2.21 bits per heavy atom. The molecule has 14 heavy (non-hydrogen) atoms. The van der Waals surface area contributed by atoms with Crippen molar-refractivity contribution < 1.29 is 9.18 Å². The first kappa shape index (κ1) is 9.65. The smallest absolute Gasteiger partial charge is 0.207 e. The SMILES string of the molecule is O=CNC1(c2ccc(Br)cc2F)CC1. The van der Waals surface area contributed by atoms with Gasteiger partial charge in [0.05, 0.1) is 5.54 Å². The van der Waals surface area contributed by atoms with E-state index in [-0.39, 0.29) is 5.82 Å². The fraction of sp³-hybridized carbons (Fsp3) is 0.300. The maximum atomic E-state index is 13.5. The molecule has 0 saturated heterocycles. The molecule has 1 saturated carbocycles. The standard InChI is InChI=1S/C10H9BrFNO/c11-7-1-2-8(9(12)5-7)10(3-4-10)13-6-14/h1-2,5-6H,3-4H2,(H,13,14). The molecule has 0 radical (unpaired) electrons. The van der Waals surface area contributed by atoms with Crippen molar-refractivity contribution >= 4 is 22.3 Å². The highest BCUT2D eigenvalue weighted by Gasteiger charge is 2.45. The number of hydrogen-bond acceptors (Lipinski definition) is 1. The van der Waals surface area contributed by atoms with Crippen molar-refractivity contribution in [3.05, 3.63) is 34.1 Å². The maximum absolute atomic E-state index is 13.5. The summed E-state index contributed by atoms with van der Waals surface area (Å²) in [5.74, 6) is -0.272. The quantitative estimate of drug-likeness (QED) is 0.828. The fourth-order valence-electron chi connectivity index (χ4n) is 1.61. The predicted molar refractivity (Wildman–Crippen MR) is 54.2 cm³/mol. The largest absolute Gasteiger partial charge is 0.349 e. The second-order valence-electron chi connectivity index (χ2n) is 3.47. The van der Waals surface area contributed by atoms with E-state index in [1.54, 1.807) is 12.1 Å². The molecule has 1 aromatic carbocycles. The Balaban J connectivity index is 2.36. The van der Waals surface area contributed by atoms with Gasteiger partial charge in [0, 0.05) is 10.0 Å². The van der Waals surface area contributed by atoms with Gasteiger partial charge in [0.15, 0.2) is 0 Å². The first-order valence-corrected chi connectivity index (χ1v) is 5.14. The van der Waals surface area contributed by atoms with Crippen molar-refractivity contribution in [2.75, 3.05) is 0 Å². The zero-order valence-electron chi connectivity index (χ0n) is 7.39. The van der Waals surface area contributed by atoms with Crippen LogP contribution in [0.4, 0.5) is 4.39 Å². The van der Waals surface area contributed by atoms with Gasteiger partial charge in [-0.1, -0.05) is 22.0 Å². The Bertz CT molecular complexity index is 376. The predicted octanol–water partition coefficient (Wildman–Crippen LogP) is 2.32. The van der Waals surface area contributed by atoms with Crippen LogP contribution in [-0.2, 0) is 10.3 Å². The van der Waals surface area contributed by atoms with Gasteiger partial charge in [0.25, 0.3) is 0 Å². The van der Waals surface area contributed by atoms with Gasteiger partial charge in [-0.3, -0.25) is 4.79 Å². The first-order valence-electron chi connectivity index (χ1n) is 4.35. The van der Waals surface area contributed by atoms with Crippen molar-refractivity contribution in [1.29, 1.82) is 0 Å². The lowest BCUT2D eigenvalue weighted by Crippen LogP contribution is -2.28. The summed E-state index contributed by atoms with van der Waals surface area (Å²) in [4.78, 5) is 10.4. The lowest BCUT2D eigenvalue weighted by molar-refractivity contribution is -0.110. The molecule has 0 aliphatic heterocycles. The Hall–Kier alpha value is -0.900. The molecule has 1 aliphatic rings. The summed E-state index contributed by atoms with van der Waals surface area (Å²) < 4.78 is 14.2. The fourth-order valence-corrected chi connectivity index (χ4v) is 1.94. The topological polar surface area (TPSA) is 29.1 Å². The number of halogens is 2. The number of nitrogens with one attached hydrogen (secondary N) is 1. The molecule has 4 heteroatoms. The van der Waals surface area contributed by atoms with Gasteiger partial charge in [-0.2, -0.15) is 0 Å². The number of benzene rings is 1. The molecule has 0 atom stereocenters. The number of rotatable bonds is 3. The highest BCUT2D eigenvalue weighted by molar-refractivity contribution is 9.10. The second kappa shape index (κ2) is 3.35. The van der Waals surface area contributed by atoms with E-state index in [4.69, 9.17) is 0 Å². The van der Waals surface area contributed by atoms with Gasteiger partial charge >= 0.3 is 0 Å². The third-order valence-electron chi connectivity index (χ3n) is 2.53. The summed E-state index contributed by atoms with van der Waals surface area (Å²) in [7, 11) is 0. The van der Waals surface area contributed by atoms with Gasteiger partial charge in [-0.05, 0) is 25.0 Å². The highest BCUT2D eigenvalue weighted by Crippen LogP contribution is 2.46. The molecule has 2 nitrogen and oxygen atoms in total. The number of carbonyl (C=O) groups excluding carboxylic acids is 1. The molecule has 0 unspecified atom stereocenters. The number of carbonyl (C=O) groups is 1. The van der Waals surface area contributed by atoms with Crippen LogP contribution >= 0.6 is 15.9 Å². The van der Waals surface area contributed by atoms with E-state index in [2.05, 4.69) is 21.2 Å². The third-order valence-corrected chi connectivity index (χ3v) is 3.03. The van der Waals surface area contributed by atoms with Crippen molar-refractivity contribution in [1.82, 2.24) is 5.32 Å². The molecule has 0 aromatic heterocycles. The van der Waals surface area contributed by atoms with E-state index in [0.717, 1.165) is 12.8 Å². The van der Waals surface area contributed by atoms with Crippen LogP contribution in [-0.4, -0.2) is 6.41 Å². The van der Waals surface area contributed by atoms with E-state index >= 15 is 0 Å². The molecule has 74 valence electrons. The Morgan fingerprint density at radius 1 is 1.50 bits per heavy atom. The molecule has 1 aliphatic carbocycles. The van der Waals surface area contributed by atoms with Gasteiger partial charge in [0.1, 0.15) is 5.82 Å². The summed E-state index contributed by atoms with van der Waals surface area (Å²) in [5, 5.41) is 2.67. The average Bonchev–Trinajstić information content (AvgIpc) is 2.86. The van der Waals surface area contributed by atoms with Gasteiger partial charge < -0.3 is 5.32 Å². The van der Waals surface area contributed by atoms with Crippen molar-refractivity contribution in [2.24, 2.45) is 0 Å². The molecule has 1 amide bonds. The lowest BCUT2D eigenvalue weighted by atomic mass is 10.0. The summed E-state index contributed by atoms with van der Waals surface area (Å²) in [6.07, 6.45) is 2.25. The molecule has 1 N–H and O–H groups in total. The monoisotopic (exact) mass is 257 g/mol. The zero-order valence-corrected chi connectivity index (χ0v) is 8.97. The normalized spacial score (nSPS) is 17.6. The molecule has 1 fully saturated rings. The Morgan fingerprint density at radius 3 is 2.71 bits per heavy atom. The summed E-state index contributed by atoms with van der Waals surface area (Å²) in [6, 6.07) is 4.91. The maximum Gasteiger partial charge on any atom is 0.207 e. The molecular weight excluding hydrogens is 249 g/mol. The summed E-state index contributed by atoms with van der Waals surface area (Å²) in [5.41, 5.74) is 0.139. The van der Waals surface area contributed by atoms with Crippen molar-refractivity contribution in [3.8, 4) is 0 Å². The molecule has 2 rings (SSSR count). The highest BCUT2D eigenvalue weighted by atomic mass is 79.9. The van der Waals surface area contributed by atoms with Crippen LogP contribution in [0, 0.1) is 5.82 Å². The molecule has 1 aromatic rings. The van der Waals surface area contributed by atoms with Crippen LogP contribution in [0.15, 0.2) is 22.7 Å². The van der Waals surface area contributed by atoms with E-state index in [1.165, 1.54) is 6.07 Å². The van der Waals surface area contributed by atoms with Crippen LogP contribution in [0.25, 0.3) is 0 Å². The third kappa shape index (κ3) is 1.54.